The number of aromatic nitrogens is 3. The van der Waals surface area contributed by atoms with E-state index in [0.717, 1.165) is 61.0 Å². The Morgan fingerprint density at radius 1 is 0.250 bits per heavy atom. The van der Waals surface area contributed by atoms with E-state index in [4.69, 9.17) is 4.42 Å². The number of rotatable bonds is 5. The van der Waals surface area contributed by atoms with Gasteiger partial charge in [0.15, 0.2) is 0 Å². The minimum Gasteiger partial charge on any atom is -0.455 e. The first-order valence-electron chi connectivity index (χ1n) is 21.9. The lowest BCUT2D eigenvalue weighted by molar-refractivity contribution is 0.673. The standard InChI is InChI=1S/C60H37N3O/c1-6-16-52-45(11-1)46-12-2-7-17-53(46)61(52)42-28-21-38(22-29-42)39-23-30-44(31-24-39)63-56-20-10-5-15-50(56)59-57(63)35-34-49-51-37-41(27-36-58(51)64-60(49)59)40-25-32-43(33-26-40)62-54-18-8-3-13-47(54)48-14-4-9-19-55(48)62/h1-37H. The molecule has 0 aliphatic carbocycles. The van der Waals surface area contributed by atoms with Crippen LogP contribution in [0.5, 0.6) is 0 Å². The maximum absolute atomic E-state index is 6.81. The molecule has 64 heavy (non-hydrogen) atoms. The van der Waals surface area contributed by atoms with Gasteiger partial charge >= 0.3 is 0 Å². The van der Waals surface area contributed by atoms with E-state index < -0.39 is 0 Å². The molecular weight excluding hydrogens is 779 g/mol. The molecule has 0 bridgehead atoms. The Morgan fingerprint density at radius 3 is 1.06 bits per heavy atom. The maximum atomic E-state index is 6.81. The molecule has 0 saturated heterocycles. The lowest BCUT2D eigenvalue weighted by Gasteiger charge is -2.11. The Hall–Kier alpha value is -8.60. The van der Waals surface area contributed by atoms with E-state index >= 15 is 0 Å². The summed E-state index contributed by atoms with van der Waals surface area (Å²) in [6.45, 7) is 0. The van der Waals surface area contributed by atoms with Gasteiger partial charge in [-0.25, -0.2) is 0 Å². The van der Waals surface area contributed by atoms with Crippen molar-refractivity contribution in [2.45, 2.75) is 0 Å². The molecule has 0 spiro atoms. The minimum absolute atomic E-state index is 0.888. The van der Waals surface area contributed by atoms with Crippen LogP contribution < -0.4 is 0 Å². The molecule has 0 radical (unpaired) electrons. The van der Waals surface area contributed by atoms with Crippen molar-refractivity contribution in [3.8, 4) is 39.3 Å². The van der Waals surface area contributed by atoms with Gasteiger partial charge in [0.05, 0.1) is 38.5 Å². The second-order valence-corrected chi connectivity index (χ2v) is 16.9. The first-order chi connectivity index (χ1) is 31.7. The molecule has 0 aliphatic rings. The van der Waals surface area contributed by atoms with Crippen LogP contribution in [0.25, 0.3) is 127 Å². The van der Waals surface area contributed by atoms with Crippen LogP contribution in [0.2, 0.25) is 0 Å². The molecule has 14 aromatic rings. The third-order valence-corrected chi connectivity index (χ3v) is 13.5. The Balaban J connectivity index is 0.820. The number of fused-ring (bicyclic) bond motifs is 13. The van der Waals surface area contributed by atoms with Gasteiger partial charge in [-0.2, -0.15) is 0 Å². The zero-order valence-corrected chi connectivity index (χ0v) is 34.6. The molecule has 0 saturated carbocycles. The summed E-state index contributed by atoms with van der Waals surface area (Å²) in [5.41, 5.74) is 17.0. The molecule has 0 unspecified atom stereocenters. The zero-order valence-electron chi connectivity index (χ0n) is 34.6. The molecule has 10 aromatic carbocycles. The molecule has 14 rings (SSSR count). The molecule has 0 fully saturated rings. The molecule has 298 valence electrons. The summed E-state index contributed by atoms with van der Waals surface area (Å²) in [5, 5.41) is 9.62. The van der Waals surface area contributed by atoms with Crippen LogP contribution in [0.15, 0.2) is 229 Å². The predicted molar refractivity (Wildman–Crippen MR) is 268 cm³/mol. The number of hydrogen-bond donors (Lipinski definition) is 0. The number of hydrogen-bond acceptors (Lipinski definition) is 1. The van der Waals surface area contributed by atoms with E-state index in [-0.39, 0.29) is 0 Å². The van der Waals surface area contributed by atoms with Crippen molar-refractivity contribution < 1.29 is 4.42 Å². The normalized spacial score (nSPS) is 12.1. The van der Waals surface area contributed by atoms with Crippen LogP contribution in [0.1, 0.15) is 0 Å². The SMILES string of the molecule is c1ccc2c(c1)c1ccccc1n2-c1ccc(-c2ccc(-n3c4ccccc4c4c5oc6ccc(-c7ccc(-n8c9ccccc9c9ccccc98)cc7)cc6c5ccc43)cc2)cc1. The Morgan fingerprint density at radius 2 is 0.609 bits per heavy atom. The van der Waals surface area contributed by atoms with Crippen molar-refractivity contribution in [2.75, 3.05) is 0 Å². The average Bonchev–Trinajstić information content (AvgIpc) is 4.10. The van der Waals surface area contributed by atoms with Gasteiger partial charge in [0.25, 0.3) is 0 Å². The Kier molecular flexibility index (Phi) is 7.36. The summed E-state index contributed by atoms with van der Waals surface area (Å²) in [5.74, 6) is 0. The fourth-order valence-corrected chi connectivity index (χ4v) is 10.6. The van der Waals surface area contributed by atoms with Crippen LogP contribution in [-0.2, 0) is 0 Å². The molecule has 4 nitrogen and oxygen atoms in total. The highest BCUT2D eigenvalue weighted by molar-refractivity contribution is 6.24. The van der Waals surface area contributed by atoms with Crippen molar-refractivity contribution in [3.05, 3.63) is 224 Å². The van der Waals surface area contributed by atoms with Gasteiger partial charge in [-0.1, -0.05) is 133 Å². The quantitative estimate of drug-likeness (QED) is 0.170. The van der Waals surface area contributed by atoms with Crippen molar-refractivity contribution in [2.24, 2.45) is 0 Å². The van der Waals surface area contributed by atoms with E-state index in [1.165, 1.54) is 65.7 Å². The smallest absolute Gasteiger partial charge is 0.145 e. The van der Waals surface area contributed by atoms with Gasteiger partial charge in [0, 0.05) is 54.8 Å². The van der Waals surface area contributed by atoms with Crippen LogP contribution in [-0.4, -0.2) is 13.7 Å². The summed E-state index contributed by atoms with van der Waals surface area (Å²) in [6.07, 6.45) is 0. The zero-order chi connectivity index (χ0) is 41.9. The number of nitrogens with zero attached hydrogens (tertiary/aromatic N) is 3. The van der Waals surface area contributed by atoms with Crippen molar-refractivity contribution in [1.29, 1.82) is 0 Å². The van der Waals surface area contributed by atoms with E-state index in [2.05, 4.69) is 238 Å². The van der Waals surface area contributed by atoms with Crippen LogP contribution in [0, 0.1) is 0 Å². The summed E-state index contributed by atoms with van der Waals surface area (Å²) in [4.78, 5) is 0. The first-order valence-corrected chi connectivity index (χ1v) is 21.9. The molecule has 0 N–H and O–H groups in total. The molecular formula is C60H37N3O. The Labute approximate surface area is 367 Å². The largest absolute Gasteiger partial charge is 0.455 e. The topological polar surface area (TPSA) is 27.9 Å². The minimum atomic E-state index is 0.888. The van der Waals surface area contributed by atoms with E-state index in [1.54, 1.807) is 0 Å². The molecule has 4 heterocycles. The van der Waals surface area contributed by atoms with Crippen molar-refractivity contribution in [1.82, 2.24) is 13.7 Å². The molecule has 4 heteroatoms. The molecule has 0 aliphatic heterocycles. The number of benzene rings is 10. The summed E-state index contributed by atoms with van der Waals surface area (Å²) in [6, 6.07) is 81.3. The van der Waals surface area contributed by atoms with E-state index in [1.807, 2.05) is 0 Å². The van der Waals surface area contributed by atoms with Gasteiger partial charge < -0.3 is 18.1 Å². The highest BCUT2D eigenvalue weighted by Gasteiger charge is 2.20. The molecule has 0 amide bonds. The van der Waals surface area contributed by atoms with Gasteiger partial charge in [-0.3, -0.25) is 0 Å². The van der Waals surface area contributed by atoms with Crippen LogP contribution in [0.4, 0.5) is 0 Å². The second kappa shape index (κ2) is 13.4. The summed E-state index contributed by atoms with van der Waals surface area (Å²) >= 11 is 0. The van der Waals surface area contributed by atoms with Crippen LogP contribution >= 0.6 is 0 Å². The number of para-hydroxylation sites is 5. The molecule has 0 atom stereocenters. The summed E-state index contributed by atoms with van der Waals surface area (Å²) < 4.78 is 13.9. The lowest BCUT2D eigenvalue weighted by Crippen LogP contribution is -1.94. The van der Waals surface area contributed by atoms with Crippen molar-refractivity contribution >= 4 is 87.4 Å². The second-order valence-electron chi connectivity index (χ2n) is 16.9. The van der Waals surface area contributed by atoms with Crippen molar-refractivity contribution in [3.63, 3.8) is 0 Å². The third kappa shape index (κ3) is 5.05. The highest BCUT2D eigenvalue weighted by atomic mass is 16.3. The first kappa shape index (κ1) is 35.0. The monoisotopic (exact) mass is 815 g/mol. The average molecular weight is 816 g/mol. The maximum Gasteiger partial charge on any atom is 0.145 e. The fraction of sp³-hybridized carbons (Fsp3) is 0. The lowest BCUT2D eigenvalue weighted by atomic mass is 10.0. The Bertz CT molecular complexity index is 4050. The van der Waals surface area contributed by atoms with E-state index in [0.29, 0.717) is 0 Å². The van der Waals surface area contributed by atoms with Gasteiger partial charge in [0.2, 0.25) is 0 Å². The third-order valence-electron chi connectivity index (χ3n) is 13.5. The van der Waals surface area contributed by atoms with Gasteiger partial charge in [0.1, 0.15) is 11.2 Å². The number of furan rings is 1. The molecule has 4 aromatic heterocycles. The highest BCUT2D eigenvalue weighted by Crippen LogP contribution is 2.42. The van der Waals surface area contributed by atoms with E-state index in [9.17, 15) is 0 Å². The fourth-order valence-electron chi connectivity index (χ4n) is 10.6. The van der Waals surface area contributed by atoms with Crippen LogP contribution in [0.3, 0.4) is 0 Å². The summed E-state index contributed by atoms with van der Waals surface area (Å²) in [7, 11) is 0. The predicted octanol–water partition coefficient (Wildman–Crippen LogP) is 16.2. The van der Waals surface area contributed by atoms with Gasteiger partial charge in [-0.05, 0) is 113 Å². The van der Waals surface area contributed by atoms with Gasteiger partial charge in [-0.15, -0.1) is 0 Å².